The Morgan fingerprint density at radius 1 is 1.50 bits per heavy atom. The van der Waals surface area contributed by atoms with Crippen LogP contribution in [-0.4, -0.2) is 18.8 Å². The molecular formula is C10H21NO. The van der Waals surface area contributed by atoms with Crippen LogP contribution in [0.3, 0.4) is 0 Å². The van der Waals surface area contributed by atoms with Gasteiger partial charge in [-0.3, -0.25) is 0 Å². The topological polar surface area (TPSA) is 35.2 Å². The van der Waals surface area contributed by atoms with E-state index in [9.17, 15) is 0 Å². The molecule has 0 aromatic heterocycles. The average Bonchev–Trinajstić information content (AvgIpc) is 1.98. The first-order valence-corrected chi connectivity index (χ1v) is 4.53. The fourth-order valence-corrected chi connectivity index (χ4v) is 1.18. The normalized spacial score (nSPS) is 16.2. The van der Waals surface area contributed by atoms with Crippen LogP contribution in [0.15, 0.2) is 12.2 Å². The summed E-state index contributed by atoms with van der Waals surface area (Å²) >= 11 is 0. The minimum atomic E-state index is -0.0371. The van der Waals surface area contributed by atoms with Crippen LogP contribution in [0, 0.1) is 5.92 Å². The number of nitrogens with two attached hydrogens (primary N) is 1. The predicted octanol–water partition coefficient (Wildman–Crippen LogP) is 1.95. The molecule has 12 heavy (non-hydrogen) atoms. The summed E-state index contributed by atoms with van der Waals surface area (Å²) in [5.41, 5.74) is 6.91. The Labute approximate surface area is 75.8 Å². The minimum Gasteiger partial charge on any atom is -0.376 e. The quantitative estimate of drug-likeness (QED) is 0.642. The van der Waals surface area contributed by atoms with Crippen molar-refractivity contribution in [3.05, 3.63) is 12.2 Å². The van der Waals surface area contributed by atoms with Gasteiger partial charge in [-0.15, -0.1) is 0 Å². The summed E-state index contributed by atoms with van der Waals surface area (Å²) in [6.07, 6.45) is 0.104. The molecule has 2 N–H and O–H groups in total. The molecule has 0 rings (SSSR count). The second-order valence-electron chi connectivity index (χ2n) is 3.54. The highest BCUT2D eigenvalue weighted by Crippen LogP contribution is 2.14. The second-order valence-corrected chi connectivity index (χ2v) is 3.54. The predicted molar refractivity (Wildman–Crippen MR) is 53.0 cm³/mol. The summed E-state index contributed by atoms with van der Waals surface area (Å²) in [4.78, 5) is 0. The van der Waals surface area contributed by atoms with E-state index >= 15 is 0 Å². The first kappa shape index (κ1) is 11.7. The van der Waals surface area contributed by atoms with E-state index in [4.69, 9.17) is 10.5 Å². The van der Waals surface area contributed by atoms with E-state index in [0.29, 0.717) is 12.5 Å². The number of ether oxygens (including phenoxy) is 1. The fraction of sp³-hybridized carbons (Fsp3) is 0.800. The summed E-state index contributed by atoms with van der Waals surface area (Å²) in [6, 6.07) is -0.0371. The van der Waals surface area contributed by atoms with E-state index in [2.05, 4.69) is 20.4 Å². The Balaban J connectivity index is 4.18. The Bertz CT molecular complexity index is 143. The summed E-state index contributed by atoms with van der Waals surface area (Å²) in [5.74, 6) is 0.441. The van der Waals surface area contributed by atoms with Gasteiger partial charge in [0, 0.05) is 6.61 Å². The lowest BCUT2D eigenvalue weighted by molar-refractivity contribution is 0.0203. The Morgan fingerprint density at radius 3 is 2.25 bits per heavy atom. The maximum atomic E-state index is 5.92. The third kappa shape index (κ3) is 3.37. The highest BCUT2D eigenvalue weighted by Gasteiger charge is 2.21. The summed E-state index contributed by atoms with van der Waals surface area (Å²) in [6.45, 7) is 12.7. The average molecular weight is 171 g/mol. The van der Waals surface area contributed by atoms with Crippen LogP contribution in [0.1, 0.15) is 27.7 Å². The molecule has 72 valence electrons. The summed E-state index contributed by atoms with van der Waals surface area (Å²) in [7, 11) is 0. The molecule has 0 fully saturated rings. The summed E-state index contributed by atoms with van der Waals surface area (Å²) < 4.78 is 5.54. The Hall–Kier alpha value is -0.340. The highest BCUT2D eigenvalue weighted by atomic mass is 16.5. The molecule has 0 spiro atoms. The van der Waals surface area contributed by atoms with Gasteiger partial charge in [-0.1, -0.05) is 26.0 Å². The van der Waals surface area contributed by atoms with Crippen molar-refractivity contribution < 1.29 is 4.74 Å². The van der Waals surface area contributed by atoms with Crippen molar-refractivity contribution in [3.8, 4) is 0 Å². The molecule has 2 atom stereocenters. The first-order chi connectivity index (χ1) is 5.50. The minimum absolute atomic E-state index is 0.0371. The fourth-order valence-electron chi connectivity index (χ4n) is 1.18. The van der Waals surface area contributed by atoms with E-state index in [-0.39, 0.29) is 12.1 Å². The first-order valence-electron chi connectivity index (χ1n) is 4.53. The van der Waals surface area contributed by atoms with Crippen LogP contribution in [0.5, 0.6) is 0 Å². The third-order valence-corrected chi connectivity index (χ3v) is 1.94. The van der Waals surface area contributed by atoms with Crippen molar-refractivity contribution in [1.29, 1.82) is 0 Å². The molecule has 0 amide bonds. The van der Waals surface area contributed by atoms with Crippen LogP contribution < -0.4 is 5.73 Å². The zero-order valence-electron chi connectivity index (χ0n) is 8.63. The lowest BCUT2D eigenvalue weighted by Crippen LogP contribution is -2.41. The van der Waals surface area contributed by atoms with Gasteiger partial charge in [0.15, 0.2) is 0 Å². The highest BCUT2D eigenvalue weighted by molar-refractivity contribution is 5.04. The number of hydrogen-bond acceptors (Lipinski definition) is 2. The maximum Gasteiger partial charge on any atom is 0.0786 e. The Kier molecular flexibility index (Phi) is 5.18. The van der Waals surface area contributed by atoms with E-state index in [1.165, 1.54) is 0 Å². The summed E-state index contributed by atoms with van der Waals surface area (Å²) in [5, 5.41) is 0. The molecule has 0 radical (unpaired) electrons. The third-order valence-electron chi connectivity index (χ3n) is 1.94. The molecule has 0 saturated heterocycles. The number of rotatable bonds is 5. The monoisotopic (exact) mass is 171 g/mol. The lowest BCUT2D eigenvalue weighted by atomic mass is 9.96. The van der Waals surface area contributed by atoms with Crippen molar-refractivity contribution in [2.24, 2.45) is 11.7 Å². The van der Waals surface area contributed by atoms with Crippen molar-refractivity contribution in [2.45, 2.75) is 39.8 Å². The van der Waals surface area contributed by atoms with Crippen molar-refractivity contribution >= 4 is 0 Å². The second kappa shape index (κ2) is 5.33. The SMILES string of the molecule is C=C(C)C(N)C(OCC)C(C)C. The molecule has 0 aliphatic rings. The smallest absolute Gasteiger partial charge is 0.0786 e. The van der Waals surface area contributed by atoms with Crippen molar-refractivity contribution in [2.75, 3.05) is 6.61 Å². The van der Waals surface area contributed by atoms with Crippen molar-refractivity contribution in [3.63, 3.8) is 0 Å². The van der Waals surface area contributed by atoms with Gasteiger partial charge in [-0.25, -0.2) is 0 Å². The van der Waals surface area contributed by atoms with E-state index in [1.807, 2.05) is 13.8 Å². The molecule has 2 heteroatoms. The van der Waals surface area contributed by atoms with Crippen LogP contribution in [0.4, 0.5) is 0 Å². The van der Waals surface area contributed by atoms with Gasteiger partial charge in [0.1, 0.15) is 0 Å². The van der Waals surface area contributed by atoms with Crippen LogP contribution in [0.2, 0.25) is 0 Å². The molecule has 0 aliphatic carbocycles. The molecule has 0 aromatic rings. The molecule has 2 unspecified atom stereocenters. The zero-order chi connectivity index (χ0) is 9.72. The van der Waals surface area contributed by atoms with E-state index in [0.717, 1.165) is 5.57 Å². The van der Waals surface area contributed by atoms with Gasteiger partial charge < -0.3 is 10.5 Å². The Morgan fingerprint density at radius 2 is 2.00 bits per heavy atom. The largest absolute Gasteiger partial charge is 0.376 e. The maximum absolute atomic E-state index is 5.92. The van der Waals surface area contributed by atoms with Crippen LogP contribution >= 0.6 is 0 Å². The lowest BCUT2D eigenvalue weighted by Gasteiger charge is -2.27. The van der Waals surface area contributed by atoms with E-state index < -0.39 is 0 Å². The van der Waals surface area contributed by atoms with Crippen LogP contribution in [0.25, 0.3) is 0 Å². The molecule has 0 aromatic carbocycles. The van der Waals surface area contributed by atoms with Crippen LogP contribution in [-0.2, 0) is 4.74 Å². The number of hydrogen-bond donors (Lipinski definition) is 1. The van der Waals surface area contributed by atoms with Gasteiger partial charge in [0.05, 0.1) is 12.1 Å². The molecule has 0 heterocycles. The van der Waals surface area contributed by atoms with Gasteiger partial charge in [-0.05, 0) is 19.8 Å². The standard InChI is InChI=1S/C10H21NO/c1-6-12-10(8(4)5)9(11)7(2)3/h8-10H,2,6,11H2,1,3-5H3. The van der Waals surface area contributed by atoms with Gasteiger partial charge in [0.2, 0.25) is 0 Å². The molecular weight excluding hydrogens is 150 g/mol. The van der Waals surface area contributed by atoms with Crippen molar-refractivity contribution in [1.82, 2.24) is 0 Å². The van der Waals surface area contributed by atoms with Gasteiger partial charge >= 0.3 is 0 Å². The van der Waals surface area contributed by atoms with E-state index in [1.54, 1.807) is 0 Å². The molecule has 2 nitrogen and oxygen atoms in total. The van der Waals surface area contributed by atoms with Gasteiger partial charge in [-0.2, -0.15) is 0 Å². The zero-order valence-corrected chi connectivity index (χ0v) is 8.63. The molecule has 0 saturated carbocycles. The molecule has 0 bridgehead atoms. The van der Waals surface area contributed by atoms with Gasteiger partial charge in [0.25, 0.3) is 0 Å². The molecule has 0 aliphatic heterocycles.